The number of rotatable bonds is 2. The minimum atomic E-state index is 0.409. The van der Waals surface area contributed by atoms with Gasteiger partial charge in [0.05, 0.1) is 20.6 Å². The average Bonchev–Trinajstić information content (AvgIpc) is 2.89. The second kappa shape index (κ2) is 5.49. The van der Waals surface area contributed by atoms with E-state index in [-0.39, 0.29) is 0 Å². The molecule has 0 aliphatic carbocycles. The maximum atomic E-state index is 6.14. The Balaban J connectivity index is 2.04. The van der Waals surface area contributed by atoms with E-state index in [1.807, 2.05) is 42.5 Å². The lowest BCUT2D eigenvalue weighted by molar-refractivity contribution is 1.29. The molecule has 0 unspecified atom stereocenters. The van der Waals surface area contributed by atoms with Crippen LogP contribution in [0, 0.1) is 0 Å². The maximum absolute atomic E-state index is 6.14. The normalized spacial score (nSPS) is 11.6. The third-order valence-electron chi connectivity index (χ3n) is 2.86. The van der Waals surface area contributed by atoms with Crippen LogP contribution in [-0.4, -0.2) is 9.97 Å². The molecule has 2 aromatic carbocycles. The number of nitrogens with one attached hydrogen (secondary N) is 1. The van der Waals surface area contributed by atoms with Crippen molar-refractivity contribution in [2.24, 2.45) is 0 Å². The molecule has 5 heteroatoms. The highest BCUT2D eigenvalue weighted by Gasteiger charge is 2.12. The molecule has 0 amide bonds. The molecule has 2 nitrogen and oxygen atoms in total. The second-order valence-electron chi connectivity index (χ2n) is 4.24. The molecule has 1 heterocycles. The summed E-state index contributed by atoms with van der Waals surface area (Å²) in [6, 6.07) is 11.5. The Labute approximate surface area is 131 Å². The van der Waals surface area contributed by atoms with E-state index in [2.05, 4.69) is 9.97 Å². The Hall–Kier alpha value is -1.48. The molecule has 0 bridgehead atoms. The Kier molecular flexibility index (Phi) is 3.70. The molecular weight excluding hydrogens is 315 g/mol. The highest BCUT2D eigenvalue weighted by molar-refractivity contribution is 6.47. The molecule has 1 aromatic heterocycles. The Morgan fingerprint density at radius 2 is 1.70 bits per heavy atom. The molecule has 0 atom stereocenters. The number of hydrogen-bond acceptors (Lipinski definition) is 1. The molecule has 0 spiro atoms. The van der Waals surface area contributed by atoms with Crippen molar-refractivity contribution in [1.29, 1.82) is 0 Å². The van der Waals surface area contributed by atoms with Gasteiger partial charge in [-0.05, 0) is 17.7 Å². The number of imidazole rings is 1. The number of halogens is 3. The summed E-state index contributed by atoms with van der Waals surface area (Å²) in [5.41, 5.74) is 2.36. The van der Waals surface area contributed by atoms with Crippen molar-refractivity contribution < 1.29 is 0 Å². The van der Waals surface area contributed by atoms with Crippen LogP contribution in [0.2, 0.25) is 15.1 Å². The van der Waals surface area contributed by atoms with E-state index in [1.165, 1.54) is 0 Å². The van der Waals surface area contributed by atoms with Gasteiger partial charge in [0.2, 0.25) is 0 Å². The fourth-order valence-corrected chi connectivity index (χ4v) is 2.60. The summed E-state index contributed by atoms with van der Waals surface area (Å²) in [5.74, 6) is 0.676. The van der Waals surface area contributed by atoms with Crippen LogP contribution in [0.4, 0.5) is 0 Å². The van der Waals surface area contributed by atoms with E-state index in [0.717, 1.165) is 5.56 Å². The van der Waals surface area contributed by atoms with Crippen molar-refractivity contribution in [2.45, 2.75) is 0 Å². The van der Waals surface area contributed by atoms with E-state index in [1.54, 1.807) is 6.07 Å². The second-order valence-corrected chi connectivity index (χ2v) is 5.44. The number of hydrogen-bond donors (Lipinski definition) is 1. The molecule has 20 heavy (non-hydrogen) atoms. The Bertz CT molecular complexity index is 792. The first kappa shape index (κ1) is 13.5. The van der Waals surface area contributed by atoms with Gasteiger partial charge in [-0.3, -0.25) is 0 Å². The Morgan fingerprint density at radius 3 is 2.45 bits per heavy atom. The van der Waals surface area contributed by atoms with Gasteiger partial charge >= 0.3 is 0 Å². The quantitative estimate of drug-likeness (QED) is 0.603. The fourth-order valence-electron chi connectivity index (χ4n) is 1.90. The predicted molar refractivity (Wildman–Crippen MR) is 86.5 cm³/mol. The first-order valence-electron chi connectivity index (χ1n) is 5.91. The summed E-state index contributed by atoms with van der Waals surface area (Å²) in [6.07, 6.45) is 3.83. The zero-order valence-electron chi connectivity index (χ0n) is 10.2. The first-order chi connectivity index (χ1) is 9.65. The van der Waals surface area contributed by atoms with Crippen molar-refractivity contribution in [3.8, 4) is 0 Å². The SMILES string of the molecule is Clc1cc(Cl)c2nc(C=Cc3ccccc3)[nH]c2c1Cl. The highest BCUT2D eigenvalue weighted by Crippen LogP contribution is 2.34. The Morgan fingerprint density at radius 1 is 0.950 bits per heavy atom. The van der Waals surface area contributed by atoms with Crippen molar-refractivity contribution in [3.63, 3.8) is 0 Å². The molecule has 0 fully saturated rings. The van der Waals surface area contributed by atoms with Crippen LogP contribution in [0.3, 0.4) is 0 Å². The molecule has 100 valence electrons. The predicted octanol–water partition coefficient (Wildman–Crippen LogP) is 5.69. The minimum Gasteiger partial charge on any atom is -0.337 e. The van der Waals surface area contributed by atoms with Crippen molar-refractivity contribution in [1.82, 2.24) is 9.97 Å². The van der Waals surface area contributed by atoms with Gasteiger partial charge in [0, 0.05) is 0 Å². The third-order valence-corrected chi connectivity index (χ3v) is 3.94. The average molecular weight is 324 g/mol. The van der Waals surface area contributed by atoms with Gasteiger partial charge < -0.3 is 4.98 Å². The van der Waals surface area contributed by atoms with E-state index in [9.17, 15) is 0 Å². The number of fused-ring (bicyclic) bond motifs is 1. The summed E-state index contributed by atoms with van der Waals surface area (Å²) in [7, 11) is 0. The molecule has 3 rings (SSSR count). The van der Waals surface area contributed by atoms with Crippen LogP contribution in [0.25, 0.3) is 23.2 Å². The van der Waals surface area contributed by atoms with Crippen LogP contribution >= 0.6 is 34.8 Å². The number of aromatic amines is 1. The summed E-state index contributed by atoms with van der Waals surface area (Å²) in [4.78, 5) is 7.53. The number of H-pyrrole nitrogens is 1. The fraction of sp³-hybridized carbons (Fsp3) is 0. The lowest BCUT2D eigenvalue weighted by Gasteiger charge is -1.97. The lowest BCUT2D eigenvalue weighted by atomic mass is 10.2. The topological polar surface area (TPSA) is 28.7 Å². The molecule has 0 aliphatic heterocycles. The molecule has 3 aromatic rings. The molecule has 1 N–H and O–H groups in total. The van der Waals surface area contributed by atoms with Crippen LogP contribution in [-0.2, 0) is 0 Å². The van der Waals surface area contributed by atoms with E-state index in [4.69, 9.17) is 34.8 Å². The van der Waals surface area contributed by atoms with Gasteiger partial charge in [-0.2, -0.15) is 0 Å². The first-order valence-corrected chi connectivity index (χ1v) is 7.05. The van der Waals surface area contributed by atoms with Gasteiger partial charge in [0.1, 0.15) is 11.3 Å². The molecule has 0 aliphatic rings. The van der Waals surface area contributed by atoms with Crippen molar-refractivity contribution in [2.75, 3.05) is 0 Å². The van der Waals surface area contributed by atoms with Gasteiger partial charge in [-0.15, -0.1) is 0 Å². The molecule has 0 saturated heterocycles. The number of benzene rings is 2. The zero-order chi connectivity index (χ0) is 14.1. The van der Waals surface area contributed by atoms with Crippen molar-refractivity contribution in [3.05, 3.63) is 62.9 Å². The van der Waals surface area contributed by atoms with E-state index < -0.39 is 0 Å². The van der Waals surface area contributed by atoms with Gasteiger partial charge in [-0.1, -0.05) is 71.2 Å². The summed E-state index contributed by atoms with van der Waals surface area (Å²) in [5, 5.41) is 1.31. The van der Waals surface area contributed by atoms with Crippen LogP contribution < -0.4 is 0 Å². The van der Waals surface area contributed by atoms with Crippen LogP contribution in [0.15, 0.2) is 36.4 Å². The van der Waals surface area contributed by atoms with Crippen molar-refractivity contribution >= 4 is 58.0 Å². The lowest BCUT2D eigenvalue weighted by Crippen LogP contribution is -1.75. The number of nitrogens with zero attached hydrogens (tertiary/aromatic N) is 1. The number of aromatic nitrogens is 2. The largest absolute Gasteiger partial charge is 0.337 e. The van der Waals surface area contributed by atoms with E-state index >= 15 is 0 Å². The maximum Gasteiger partial charge on any atom is 0.131 e. The zero-order valence-corrected chi connectivity index (χ0v) is 12.5. The van der Waals surface area contributed by atoms with Gasteiger partial charge in [0.25, 0.3) is 0 Å². The molecule has 0 saturated carbocycles. The van der Waals surface area contributed by atoms with Crippen LogP contribution in [0.5, 0.6) is 0 Å². The van der Waals surface area contributed by atoms with Gasteiger partial charge in [-0.25, -0.2) is 4.98 Å². The van der Waals surface area contributed by atoms with Gasteiger partial charge in [0.15, 0.2) is 0 Å². The van der Waals surface area contributed by atoms with Crippen LogP contribution in [0.1, 0.15) is 11.4 Å². The van der Waals surface area contributed by atoms with E-state index in [0.29, 0.717) is 31.9 Å². The third kappa shape index (κ3) is 2.55. The summed E-state index contributed by atoms with van der Waals surface area (Å²) in [6.45, 7) is 0. The summed E-state index contributed by atoms with van der Waals surface area (Å²) < 4.78 is 0. The molecule has 0 radical (unpaired) electrons. The summed E-state index contributed by atoms with van der Waals surface area (Å²) >= 11 is 18.3. The monoisotopic (exact) mass is 322 g/mol. The highest BCUT2D eigenvalue weighted by atomic mass is 35.5. The molecular formula is C15H9Cl3N2. The minimum absolute atomic E-state index is 0.409. The standard InChI is InChI=1S/C15H9Cl3N2/c16-10-8-11(17)14-15(13(10)18)20-12(19-14)7-6-9-4-2-1-3-5-9/h1-8H,(H,19,20). The smallest absolute Gasteiger partial charge is 0.131 e.